The number of benzene rings is 1. The van der Waals surface area contributed by atoms with E-state index in [-0.39, 0.29) is 13.0 Å². The second-order valence-corrected chi connectivity index (χ2v) is 7.54. The van der Waals surface area contributed by atoms with Crippen molar-refractivity contribution in [3.05, 3.63) is 29.3 Å². The summed E-state index contributed by atoms with van der Waals surface area (Å²) in [6.45, 7) is 7.23. The molecule has 182 valence electrons. The largest absolute Gasteiger partial charge is 0.496 e. The van der Waals surface area contributed by atoms with E-state index in [1.165, 1.54) is 27.9 Å². The molecular formula is C23H30O10. The number of methoxy groups -OCH3 is 1. The monoisotopic (exact) mass is 466 g/mol. The van der Waals surface area contributed by atoms with Crippen LogP contribution in [0.1, 0.15) is 51.8 Å². The Morgan fingerprint density at radius 1 is 0.909 bits per heavy atom. The third-order valence-electron chi connectivity index (χ3n) is 4.93. The van der Waals surface area contributed by atoms with E-state index >= 15 is 0 Å². The Morgan fingerprint density at radius 2 is 1.48 bits per heavy atom. The van der Waals surface area contributed by atoms with Gasteiger partial charge in [0.1, 0.15) is 11.9 Å². The summed E-state index contributed by atoms with van der Waals surface area (Å²) in [5, 5.41) is 0. The van der Waals surface area contributed by atoms with Crippen LogP contribution in [0.3, 0.4) is 0 Å². The average Bonchev–Trinajstić information content (AvgIpc) is 2.71. The molecule has 0 spiro atoms. The molecule has 1 aliphatic heterocycles. The Labute approximate surface area is 192 Å². The quantitative estimate of drug-likeness (QED) is 0.415. The summed E-state index contributed by atoms with van der Waals surface area (Å²) >= 11 is 0. The van der Waals surface area contributed by atoms with E-state index in [1.54, 1.807) is 32.0 Å². The van der Waals surface area contributed by atoms with Gasteiger partial charge in [0.2, 0.25) is 0 Å². The van der Waals surface area contributed by atoms with Gasteiger partial charge in [-0.15, -0.1) is 0 Å². The number of rotatable bonds is 8. The van der Waals surface area contributed by atoms with Crippen molar-refractivity contribution in [3.8, 4) is 5.75 Å². The maximum absolute atomic E-state index is 12.0. The molecule has 1 aromatic rings. The molecule has 0 aliphatic carbocycles. The molecule has 1 saturated heterocycles. The van der Waals surface area contributed by atoms with Gasteiger partial charge in [-0.25, -0.2) is 0 Å². The van der Waals surface area contributed by atoms with Crippen molar-refractivity contribution in [1.82, 2.24) is 0 Å². The summed E-state index contributed by atoms with van der Waals surface area (Å²) in [4.78, 5) is 47.5. The molecule has 1 fully saturated rings. The first-order chi connectivity index (χ1) is 15.6. The molecule has 1 heterocycles. The summed E-state index contributed by atoms with van der Waals surface area (Å²) in [5.74, 6) is -1.91. The fourth-order valence-corrected chi connectivity index (χ4v) is 3.76. The molecule has 0 N–H and O–H groups in total. The van der Waals surface area contributed by atoms with Gasteiger partial charge in [0.05, 0.1) is 26.2 Å². The predicted octanol–water partition coefficient (Wildman–Crippen LogP) is 2.06. The van der Waals surface area contributed by atoms with E-state index < -0.39 is 54.4 Å². The highest BCUT2D eigenvalue weighted by Gasteiger charge is 2.51. The Kier molecular flexibility index (Phi) is 9.22. The van der Waals surface area contributed by atoms with Crippen LogP contribution in [0.2, 0.25) is 0 Å². The van der Waals surface area contributed by atoms with Gasteiger partial charge in [0, 0.05) is 26.3 Å². The summed E-state index contributed by atoms with van der Waals surface area (Å²) < 4.78 is 32.9. The van der Waals surface area contributed by atoms with Crippen LogP contribution in [0.25, 0.3) is 0 Å². The SMILES string of the molecule is CCOC(=O)Cc1ccc(OC)c([C@H]2O[C@@H](C)[C@@H](OC(C)=O)[C@@H](OC(C)=O)[C@@H]2OC(C)=O)c1. The van der Waals surface area contributed by atoms with Gasteiger partial charge in [-0.05, 0) is 31.5 Å². The molecule has 10 heteroatoms. The number of carbonyl (C=O) groups is 4. The Bertz CT molecular complexity index is 880. The number of hydrogen-bond donors (Lipinski definition) is 0. The molecule has 2 rings (SSSR count). The minimum Gasteiger partial charge on any atom is -0.496 e. The maximum Gasteiger partial charge on any atom is 0.310 e. The van der Waals surface area contributed by atoms with E-state index in [0.29, 0.717) is 16.9 Å². The Balaban J connectivity index is 2.55. The second-order valence-electron chi connectivity index (χ2n) is 7.54. The van der Waals surface area contributed by atoms with Crippen LogP contribution in [0.5, 0.6) is 5.75 Å². The van der Waals surface area contributed by atoms with Gasteiger partial charge >= 0.3 is 23.9 Å². The molecule has 0 amide bonds. The zero-order chi connectivity index (χ0) is 24.7. The molecule has 0 saturated carbocycles. The topological polar surface area (TPSA) is 124 Å². The zero-order valence-electron chi connectivity index (χ0n) is 19.6. The molecule has 5 atom stereocenters. The lowest BCUT2D eigenvalue weighted by Gasteiger charge is -2.44. The highest BCUT2D eigenvalue weighted by Crippen LogP contribution is 2.41. The second kappa shape index (κ2) is 11.6. The fraction of sp³-hybridized carbons (Fsp3) is 0.565. The van der Waals surface area contributed by atoms with Crippen LogP contribution >= 0.6 is 0 Å². The van der Waals surface area contributed by atoms with Gasteiger partial charge in [-0.2, -0.15) is 0 Å². The van der Waals surface area contributed by atoms with Gasteiger partial charge in [-0.3, -0.25) is 19.2 Å². The average molecular weight is 466 g/mol. The van der Waals surface area contributed by atoms with Crippen LogP contribution in [0.4, 0.5) is 0 Å². The van der Waals surface area contributed by atoms with Crippen LogP contribution in [0.15, 0.2) is 18.2 Å². The zero-order valence-corrected chi connectivity index (χ0v) is 19.6. The summed E-state index contributed by atoms with van der Waals surface area (Å²) in [6, 6.07) is 5.04. The lowest BCUT2D eigenvalue weighted by molar-refractivity contribution is -0.245. The fourth-order valence-electron chi connectivity index (χ4n) is 3.76. The van der Waals surface area contributed by atoms with Crippen molar-refractivity contribution < 1.29 is 47.6 Å². The van der Waals surface area contributed by atoms with E-state index in [4.69, 9.17) is 28.4 Å². The molecule has 0 aromatic heterocycles. The van der Waals surface area contributed by atoms with E-state index in [0.717, 1.165) is 0 Å². The van der Waals surface area contributed by atoms with Crippen LogP contribution in [0, 0.1) is 0 Å². The molecular weight excluding hydrogens is 436 g/mol. The van der Waals surface area contributed by atoms with Crippen molar-refractivity contribution in [2.75, 3.05) is 13.7 Å². The minimum absolute atomic E-state index is 0.00872. The molecule has 10 nitrogen and oxygen atoms in total. The van der Waals surface area contributed by atoms with Crippen molar-refractivity contribution in [3.63, 3.8) is 0 Å². The normalized spacial score (nSPS) is 24.4. The van der Waals surface area contributed by atoms with Gasteiger partial charge in [0.25, 0.3) is 0 Å². The minimum atomic E-state index is -1.15. The summed E-state index contributed by atoms with van der Waals surface area (Å²) in [5.41, 5.74) is 1.09. The van der Waals surface area contributed by atoms with Gasteiger partial charge in [-0.1, -0.05) is 6.07 Å². The number of hydrogen-bond acceptors (Lipinski definition) is 10. The molecule has 0 unspecified atom stereocenters. The van der Waals surface area contributed by atoms with E-state index in [2.05, 4.69) is 0 Å². The van der Waals surface area contributed by atoms with E-state index in [1.807, 2.05) is 0 Å². The van der Waals surface area contributed by atoms with Crippen LogP contribution in [-0.2, 0) is 49.3 Å². The summed E-state index contributed by atoms with van der Waals surface area (Å²) in [7, 11) is 1.46. The number of carbonyl (C=O) groups excluding carboxylic acids is 4. The molecule has 0 bridgehead atoms. The predicted molar refractivity (Wildman–Crippen MR) is 113 cm³/mol. The molecule has 0 radical (unpaired) electrons. The Morgan fingerprint density at radius 3 is 2.03 bits per heavy atom. The van der Waals surface area contributed by atoms with Crippen LogP contribution < -0.4 is 4.74 Å². The Hall–Kier alpha value is -3.14. The lowest BCUT2D eigenvalue weighted by atomic mass is 9.89. The van der Waals surface area contributed by atoms with Gasteiger partial charge < -0.3 is 28.4 Å². The van der Waals surface area contributed by atoms with Crippen molar-refractivity contribution in [1.29, 1.82) is 0 Å². The third kappa shape index (κ3) is 6.92. The number of esters is 4. The molecule has 1 aromatic carbocycles. The van der Waals surface area contributed by atoms with E-state index in [9.17, 15) is 19.2 Å². The van der Waals surface area contributed by atoms with Crippen molar-refractivity contribution in [2.24, 2.45) is 0 Å². The third-order valence-corrected chi connectivity index (χ3v) is 4.93. The molecule has 33 heavy (non-hydrogen) atoms. The number of ether oxygens (including phenoxy) is 6. The van der Waals surface area contributed by atoms with Gasteiger partial charge in [0.15, 0.2) is 18.3 Å². The highest BCUT2D eigenvalue weighted by atomic mass is 16.6. The van der Waals surface area contributed by atoms with Crippen LogP contribution in [-0.4, -0.2) is 62.0 Å². The summed E-state index contributed by atoms with van der Waals surface area (Å²) in [6.07, 6.45) is -4.97. The highest BCUT2D eigenvalue weighted by molar-refractivity contribution is 5.73. The lowest BCUT2D eigenvalue weighted by Crippen LogP contribution is -2.57. The first-order valence-corrected chi connectivity index (χ1v) is 10.6. The maximum atomic E-state index is 12.0. The first-order valence-electron chi connectivity index (χ1n) is 10.6. The van der Waals surface area contributed by atoms with Crippen molar-refractivity contribution in [2.45, 2.75) is 71.6 Å². The smallest absolute Gasteiger partial charge is 0.310 e. The standard InChI is InChI=1S/C23H30O10/c1-7-29-19(27)11-16-8-9-18(28-6)17(10-16)21-23(33-15(5)26)22(32-14(4)25)20(12(2)30-21)31-13(3)24/h8-10,12,20-23H,7,11H2,1-6H3/t12-,20+,21+,22+,23+/m0/s1. The van der Waals surface area contributed by atoms with Crippen molar-refractivity contribution >= 4 is 23.9 Å². The molecule has 1 aliphatic rings. The first kappa shape index (κ1) is 26.1.